The third-order valence-electron chi connectivity index (χ3n) is 6.04. The Morgan fingerprint density at radius 1 is 1.00 bits per heavy atom. The number of carbonyl (C=O) groups excluding carboxylic acids is 1. The smallest absolute Gasteiger partial charge is 0.265 e. The average molecular weight is 449 g/mol. The van der Waals surface area contributed by atoms with Crippen molar-refractivity contribution in [2.24, 2.45) is 0 Å². The van der Waals surface area contributed by atoms with Gasteiger partial charge in [0, 0.05) is 11.1 Å². The van der Waals surface area contributed by atoms with Crippen molar-refractivity contribution in [3.05, 3.63) is 82.9 Å². The van der Waals surface area contributed by atoms with Gasteiger partial charge in [-0.05, 0) is 62.1 Å². The van der Waals surface area contributed by atoms with E-state index in [1.54, 1.807) is 12.1 Å². The number of nitrogens with zero attached hydrogens (tertiary/aromatic N) is 1. The second-order valence-corrected chi connectivity index (χ2v) is 10.2. The first-order chi connectivity index (χ1) is 15.2. The molecule has 6 heteroatoms. The van der Waals surface area contributed by atoms with Crippen molar-refractivity contribution in [1.82, 2.24) is 5.32 Å². The van der Waals surface area contributed by atoms with E-state index in [0.717, 1.165) is 34.2 Å². The molecule has 5 nitrogen and oxygen atoms in total. The Labute approximate surface area is 190 Å². The van der Waals surface area contributed by atoms with E-state index in [1.165, 1.54) is 4.31 Å². The molecule has 1 amide bonds. The summed E-state index contributed by atoms with van der Waals surface area (Å²) >= 11 is 0. The largest absolute Gasteiger partial charge is 0.348 e. The van der Waals surface area contributed by atoms with E-state index >= 15 is 0 Å². The summed E-state index contributed by atoms with van der Waals surface area (Å²) in [6, 6.07) is 18.6. The Morgan fingerprint density at radius 3 is 2.47 bits per heavy atom. The molecule has 1 heterocycles. The maximum Gasteiger partial charge on any atom is 0.265 e. The summed E-state index contributed by atoms with van der Waals surface area (Å²) in [6.07, 6.45) is 0.843. The monoisotopic (exact) mass is 448 g/mol. The van der Waals surface area contributed by atoms with E-state index in [-0.39, 0.29) is 23.4 Å². The minimum Gasteiger partial charge on any atom is -0.348 e. The van der Waals surface area contributed by atoms with Crippen molar-refractivity contribution >= 4 is 21.6 Å². The summed E-state index contributed by atoms with van der Waals surface area (Å²) in [4.78, 5) is 13.2. The van der Waals surface area contributed by atoms with Gasteiger partial charge >= 0.3 is 0 Å². The lowest BCUT2D eigenvalue weighted by Gasteiger charge is -2.32. The number of anilines is 1. The van der Waals surface area contributed by atoms with E-state index in [0.29, 0.717) is 11.3 Å². The zero-order valence-corrected chi connectivity index (χ0v) is 19.7. The first-order valence-electron chi connectivity index (χ1n) is 10.8. The van der Waals surface area contributed by atoms with Gasteiger partial charge in [0.1, 0.15) is 6.54 Å². The van der Waals surface area contributed by atoms with Crippen LogP contribution in [0.15, 0.2) is 65.6 Å². The Kier molecular flexibility index (Phi) is 5.82. The SMILES string of the molecule is CCc1ccc2c(c1)-c1ccccc1S(=O)(=O)N2CC(=O)NC(C)c1ccc(C)cc1C. The molecule has 3 aromatic carbocycles. The molecule has 1 aliphatic rings. The predicted octanol–water partition coefficient (Wildman–Crippen LogP) is 4.92. The summed E-state index contributed by atoms with van der Waals surface area (Å²) in [5.74, 6) is -0.342. The molecule has 166 valence electrons. The fourth-order valence-corrected chi connectivity index (χ4v) is 6.02. The van der Waals surface area contributed by atoms with Gasteiger partial charge < -0.3 is 5.32 Å². The predicted molar refractivity (Wildman–Crippen MR) is 128 cm³/mol. The number of sulfonamides is 1. The van der Waals surface area contributed by atoms with Gasteiger partial charge in [-0.2, -0.15) is 0 Å². The van der Waals surface area contributed by atoms with Gasteiger partial charge in [0.15, 0.2) is 0 Å². The van der Waals surface area contributed by atoms with E-state index < -0.39 is 10.0 Å². The number of hydrogen-bond acceptors (Lipinski definition) is 3. The molecule has 4 rings (SSSR count). The highest BCUT2D eigenvalue weighted by Gasteiger charge is 2.36. The first-order valence-corrected chi connectivity index (χ1v) is 12.3. The zero-order chi connectivity index (χ0) is 23.0. The summed E-state index contributed by atoms with van der Waals surface area (Å²) in [6.45, 7) is 7.74. The van der Waals surface area contributed by atoms with Crippen molar-refractivity contribution in [3.63, 3.8) is 0 Å². The van der Waals surface area contributed by atoms with Gasteiger partial charge in [-0.1, -0.05) is 55.0 Å². The van der Waals surface area contributed by atoms with Crippen LogP contribution in [0.2, 0.25) is 0 Å². The van der Waals surface area contributed by atoms with Crippen LogP contribution in [0.1, 0.15) is 42.1 Å². The number of amides is 1. The molecule has 0 aliphatic carbocycles. The van der Waals surface area contributed by atoms with Crippen molar-refractivity contribution in [3.8, 4) is 11.1 Å². The van der Waals surface area contributed by atoms with Crippen LogP contribution in [0.5, 0.6) is 0 Å². The van der Waals surface area contributed by atoms with Crippen molar-refractivity contribution in [1.29, 1.82) is 0 Å². The maximum atomic E-state index is 13.5. The molecule has 0 saturated heterocycles. The number of nitrogens with one attached hydrogen (secondary N) is 1. The Balaban J connectivity index is 1.67. The van der Waals surface area contributed by atoms with Crippen LogP contribution in [-0.4, -0.2) is 20.9 Å². The van der Waals surface area contributed by atoms with Crippen LogP contribution < -0.4 is 9.62 Å². The van der Waals surface area contributed by atoms with Gasteiger partial charge in [0.05, 0.1) is 16.6 Å². The lowest BCUT2D eigenvalue weighted by atomic mass is 9.99. The molecule has 1 aliphatic heterocycles. The van der Waals surface area contributed by atoms with E-state index in [2.05, 4.69) is 18.3 Å². The summed E-state index contributed by atoms with van der Waals surface area (Å²) < 4.78 is 28.1. The maximum absolute atomic E-state index is 13.5. The summed E-state index contributed by atoms with van der Waals surface area (Å²) in [7, 11) is -3.85. The van der Waals surface area contributed by atoms with Crippen molar-refractivity contribution in [2.75, 3.05) is 10.8 Å². The summed E-state index contributed by atoms with van der Waals surface area (Å²) in [5.41, 5.74) is 6.44. The fourth-order valence-electron chi connectivity index (χ4n) is 4.38. The molecule has 0 spiro atoms. The summed E-state index contributed by atoms with van der Waals surface area (Å²) in [5, 5.41) is 2.97. The lowest BCUT2D eigenvalue weighted by molar-refractivity contribution is -0.120. The van der Waals surface area contributed by atoms with Crippen molar-refractivity contribution < 1.29 is 13.2 Å². The molecule has 1 N–H and O–H groups in total. The highest BCUT2D eigenvalue weighted by molar-refractivity contribution is 7.93. The van der Waals surface area contributed by atoms with E-state index in [1.807, 2.05) is 63.2 Å². The lowest BCUT2D eigenvalue weighted by Crippen LogP contribution is -2.43. The van der Waals surface area contributed by atoms with Gasteiger partial charge in [-0.3, -0.25) is 9.10 Å². The fraction of sp³-hybridized carbons (Fsp3) is 0.269. The number of carbonyl (C=O) groups is 1. The number of aryl methyl sites for hydroxylation is 3. The number of rotatable bonds is 5. The Hall–Kier alpha value is -3.12. The molecule has 0 saturated carbocycles. The molecule has 1 atom stereocenters. The standard InChI is InChI=1S/C26H28N2O3S/c1-5-20-11-13-24-23(15-20)22-8-6-7-9-25(22)32(30,31)28(24)16-26(29)27-19(4)21-12-10-17(2)14-18(21)3/h6-15,19H,5,16H2,1-4H3,(H,27,29). The number of fused-ring (bicyclic) bond motifs is 3. The molecule has 0 bridgehead atoms. The van der Waals surface area contributed by atoms with Crippen LogP contribution in [0.3, 0.4) is 0 Å². The van der Waals surface area contributed by atoms with Gasteiger partial charge in [0.2, 0.25) is 5.91 Å². The molecule has 0 aromatic heterocycles. The van der Waals surface area contributed by atoms with E-state index in [4.69, 9.17) is 0 Å². The van der Waals surface area contributed by atoms with Crippen LogP contribution in [0.4, 0.5) is 5.69 Å². The van der Waals surface area contributed by atoms with Crippen LogP contribution >= 0.6 is 0 Å². The second kappa shape index (κ2) is 8.43. The van der Waals surface area contributed by atoms with E-state index in [9.17, 15) is 13.2 Å². The van der Waals surface area contributed by atoms with Gasteiger partial charge in [-0.15, -0.1) is 0 Å². The topological polar surface area (TPSA) is 66.5 Å². The van der Waals surface area contributed by atoms with Gasteiger partial charge in [0.25, 0.3) is 10.0 Å². The molecule has 0 radical (unpaired) electrons. The molecule has 32 heavy (non-hydrogen) atoms. The third-order valence-corrected chi connectivity index (χ3v) is 7.86. The van der Waals surface area contributed by atoms with Gasteiger partial charge in [-0.25, -0.2) is 8.42 Å². The molecule has 1 unspecified atom stereocenters. The molecular weight excluding hydrogens is 420 g/mol. The number of hydrogen-bond donors (Lipinski definition) is 1. The third kappa shape index (κ3) is 3.91. The quantitative estimate of drug-likeness (QED) is 0.603. The normalized spacial score (nSPS) is 14.9. The minimum atomic E-state index is -3.85. The molecule has 0 fully saturated rings. The van der Waals surface area contributed by atoms with Crippen LogP contribution in [-0.2, 0) is 21.2 Å². The second-order valence-electron chi connectivity index (χ2n) is 8.36. The highest BCUT2D eigenvalue weighted by Crippen LogP contribution is 2.43. The van der Waals surface area contributed by atoms with Crippen LogP contribution in [0, 0.1) is 13.8 Å². The highest BCUT2D eigenvalue weighted by atomic mass is 32.2. The molecular formula is C26H28N2O3S. The average Bonchev–Trinajstić information content (AvgIpc) is 2.76. The number of benzene rings is 3. The van der Waals surface area contributed by atoms with Crippen molar-refractivity contribution in [2.45, 2.75) is 45.1 Å². The van der Waals surface area contributed by atoms with Crippen LogP contribution in [0.25, 0.3) is 11.1 Å². The Morgan fingerprint density at radius 2 is 1.75 bits per heavy atom. The first kappa shape index (κ1) is 22.1. The molecule has 3 aromatic rings. The Bertz CT molecular complexity index is 1300. The minimum absolute atomic E-state index is 0.232. The zero-order valence-electron chi connectivity index (χ0n) is 18.8.